The fraction of sp³-hybridized carbons (Fsp3) is 0.176. The molecule has 2 aromatic carbocycles. The monoisotopic (exact) mass is 281 g/mol. The van der Waals surface area contributed by atoms with Crippen LogP contribution in [-0.4, -0.2) is 15.6 Å². The summed E-state index contributed by atoms with van der Waals surface area (Å²) < 4.78 is 3.80. The minimum Gasteiger partial charge on any atom is -0.478 e. The SMILES string of the molecule is Cc1cc(C)cc(-n2c[n+](CC(=O)O)c3ccccc32)c1. The Bertz CT molecular complexity index is 814. The van der Waals surface area contributed by atoms with Crippen molar-refractivity contribution in [3.05, 3.63) is 59.9 Å². The van der Waals surface area contributed by atoms with Crippen LogP contribution in [0.4, 0.5) is 0 Å². The first-order valence-corrected chi connectivity index (χ1v) is 6.84. The van der Waals surface area contributed by atoms with Crippen LogP contribution >= 0.6 is 0 Å². The van der Waals surface area contributed by atoms with E-state index < -0.39 is 5.97 Å². The van der Waals surface area contributed by atoms with E-state index in [4.69, 9.17) is 5.11 Å². The molecular formula is C17H17N2O2+. The summed E-state index contributed by atoms with van der Waals surface area (Å²) >= 11 is 0. The number of benzene rings is 2. The second-order valence-electron chi connectivity index (χ2n) is 5.34. The molecule has 0 saturated heterocycles. The van der Waals surface area contributed by atoms with Crippen LogP contribution in [0.25, 0.3) is 16.7 Å². The zero-order chi connectivity index (χ0) is 15.0. The van der Waals surface area contributed by atoms with Crippen molar-refractivity contribution in [1.29, 1.82) is 0 Å². The molecule has 0 saturated carbocycles. The minimum absolute atomic E-state index is 0.0433. The number of aryl methyl sites for hydroxylation is 2. The first-order valence-electron chi connectivity index (χ1n) is 6.84. The number of hydrogen-bond donors (Lipinski definition) is 1. The van der Waals surface area contributed by atoms with Gasteiger partial charge in [0.15, 0.2) is 17.6 Å². The van der Waals surface area contributed by atoms with Crippen molar-refractivity contribution in [2.75, 3.05) is 0 Å². The van der Waals surface area contributed by atoms with Gasteiger partial charge in [0.2, 0.25) is 0 Å². The van der Waals surface area contributed by atoms with Crippen LogP contribution in [0, 0.1) is 13.8 Å². The Morgan fingerprint density at radius 1 is 1.14 bits per heavy atom. The maximum Gasteiger partial charge on any atom is 0.346 e. The van der Waals surface area contributed by atoms with Crippen LogP contribution < -0.4 is 4.57 Å². The molecule has 3 rings (SSSR count). The lowest BCUT2D eigenvalue weighted by atomic mass is 10.1. The van der Waals surface area contributed by atoms with Crippen molar-refractivity contribution in [2.45, 2.75) is 20.4 Å². The van der Waals surface area contributed by atoms with Crippen molar-refractivity contribution in [2.24, 2.45) is 0 Å². The number of fused-ring (bicyclic) bond motifs is 1. The van der Waals surface area contributed by atoms with E-state index in [0.717, 1.165) is 16.7 Å². The van der Waals surface area contributed by atoms with E-state index >= 15 is 0 Å². The van der Waals surface area contributed by atoms with Crippen LogP contribution in [0.3, 0.4) is 0 Å². The summed E-state index contributed by atoms with van der Waals surface area (Å²) in [6, 6.07) is 14.2. The molecule has 0 aliphatic rings. The van der Waals surface area contributed by atoms with E-state index in [-0.39, 0.29) is 6.54 Å². The van der Waals surface area contributed by atoms with Gasteiger partial charge in [0, 0.05) is 0 Å². The third-order valence-electron chi connectivity index (χ3n) is 3.50. The van der Waals surface area contributed by atoms with Gasteiger partial charge in [0.05, 0.1) is 0 Å². The largest absolute Gasteiger partial charge is 0.478 e. The molecule has 0 fully saturated rings. The molecule has 106 valence electrons. The summed E-state index contributed by atoms with van der Waals surface area (Å²) in [5.41, 5.74) is 5.34. The Kier molecular flexibility index (Phi) is 3.22. The smallest absolute Gasteiger partial charge is 0.346 e. The van der Waals surface area contributed by atoms with Crippen LogP contribution in [0.15, 0.2) is 48.8 Å². The molecule has 1 N–H and O–H groups in total. The molecule has 0 atom stereocenters. The number of carboxylic acids is 1. The maximum absolute atomic E-state index is 11.0. The molecule has 1 heterocycles. The van der Waals surface area contributed by atoms with E-state index in [1.165, 1.54) is 11.1 Å². The number of aliphatic carboxylic acids is 1. The quantitative estimate of drug-likeness (QED) is 0.750. The Labute approximate surface area is 122 Å². The third kappa shape index (κ3) is 2.52. The first kappa shape index (κ1) is 13.4. The number of carbonyl (C=O) groups is 1. The molecule has 0 unspecified atom stereocenters. The summed E-state index contributed by atoms with van der Waals surface area (Å²) in [5, 5.41) is 9.06. The van der Waals surface area contributed by atoms with Gasteiger partial charge in [0.1, 0.15) is 5.69 Å². The Morgan fingerprint density at radius 2 is 1.81 bits per heavy atom. The van der Waals surface area contributed by atoms with Gasteiger partial charge in [-0.05, 0) is 49.2 Å². The summed E-state index contributed by atoms with van der Waals surface area (Å²) in [6.07, 6.45) is 1.85. The average molecular weight is 281 g/mol. The highest BCUT2D eigenvalue weighted by Crippen LogP contribution is 2.19. The molecule has 0 aliphatic heterocycles. The van der Waals surface area contributed by atoms with Gasteiger partial charge in [-0.1, -0.05) is 18.2 Å². The van der Waals surface area contributed by atoms with Gasteiger partial charge in [-0.25, -0.2) is 9.36 Å². The lowest BCUT2D eigenvalue weighted by Crippen LogP contribution is -2.36. The highest BCUT2D eigenvalue weighted by Gasteiger charge is 2.18. The van der Waals surface area contributed by atoms with Crippen molar-refractivity contribution in [3.63, 3.8) is 0 Å². The van der Waals surface area contributed by atoms with Gasteiger partial charge in [-0.2, -0.15) is 4.57 Å². The number of para-hydroxylation sites is 2. The zero-order valence-corrected chi connectivity index (χ0v) is 12.1. The molecule has 4 nitrogen and oxygen atoms in total. The molecule has 3 aromatic rings. The van der Waals surface area contributed by atoms with Gasteiger partial charge < -0.3 is 5.11 Å². The Balaban J connectivity index is 2.25. The molecule has 4 heteroatoms. The minimum atomic E-state index is -0.844. The van der Waals surface area contributed by atoms with E-state index in [9.17, 15) is 4.79 Å². The van der Waals surface area contributed by atoms with E-state index in [2.05, 4.69) is 32.0 Å². The fourth-order valence-electron chi connectivity index (χ4n) is 2.74. The number of aromatic nitrogens is 2. The number of rotatable bonds is 3. The van der Waals surface area contributed by atoms with Crippen LogP contribution in [0.5, 0.6) is 0 Å². The second-order valence-corrected chi connectivity index (χ2v) is 5.34. The van der Waals surface area contributed by atoms with Crippen molar-refractivity contribution in [1.82, 2.24) is 4.57 Å². The molecule has 0 amide bonds. The molecule has 1 aromatic heterocycles. The highest BCUT2D eigenvalue weighted by molar-refractivity contribution is 5.75. The van der Waals surface area contributed by atoms with Crippen LogP contribution in [-0.2, 0) is 11.3 Å². The molecule has 21 heavy (non-hydrogen) atoms. The number of carboxylic acid groups (broad SMARTS) is 1. The highest BCUT2D eigenvalue weighted by atomic mass is 16.4. The number of nitrogens with zero attached hydrogens (tertiary/aromatic N) is 2. The third-order valence-corrected chi connectivity index (χ3v) is 3.50. The Morgan fingerprint density at radius 3 is 2.48 bits per heavy atom. The number of imidazole rings is 1. The second kappa shape index (κ2) is 5.05. The summed E-state index contributed by atoms with van der Waals surface area (Å²) in [4.78, 5) is 11.0. The summed E-state index contributed by atoms with van der Waals surface area (Å²) in [7, 11) is 0. The molecule has 0 bridgehead atoms. The molecular weight excluding hydrogens is 264 g/mol. The van der Waals surface area contributed by atoms with Crippen LogP contribution in [0.2, 0.25) is 0 Å². The van der Waals surface area contributed by atoms with Crippen LogP contribution in [0.1, 0.15) is 11.1 Å². The van der Waals surface area contributed by atoms with Gasteiger partial charge in [-0.15, -0.1) is 0 Å². The zero-order valence-electron chi connectivity index (χ0n) is 12.1. The molecule has 0 aliphatic carbocycles. The first-order chi connectivity index (χ1) is 10.0. The average Bonchev–Trinajstić information content (AvgIpc) is 2.76. The summed E-state index contributed by atoms with van der Waals surface area (Å²) in [5.74, 6) is -0.844. The molecule has 0 spiro atoms. The molecule has 0 radical (unpaired) electrons. The van der Waals surface area contributed by atoms with Gasteiger partial charge in [0.25, 0.3) is 6.33 Å². The lowest BCUT2D eigenvalue weighted by molar-refractivity contribution is -0.660. The van der Waals surface area contributed by atoms with Gasteiger partial charge in [-0.3, -0.25) is 0 Å². The topological polar surface area (TPSA) is 46.1 Å². The number of hydrogen-bond acceptors (Lipinski definition) is 1. The van der Waals surface area contributed by atoms with E-state index in [0.29, 0.717) is 0 Å². The van der Waals surface area contributed by atoms with Crippen molar-refractivity contribution < 1.29 is 14.5 Å². The maximum atomic E-state index is 11.0. The van der Waals surface area contributed by atoms with E-state index in [1.807, 2.05) is 35.2 Å². The Hall–Kier alpha value is -2.62. The van der Waals surface area contributed by atoms with Gasteiger partial charge >= 0.3 is 5.97 Å². The normalized spacial score (nSPS) is 11.0. The lowest BCUT2D eigenvalue weighted by Gasteiger charge is -2.01. The standard InChI is InChI=1S/C17H16N2O2/c1-12-7-13(2)9-14(8-12)19-11-18(10-17(20)21)15-5-3-4-6-16(15)19/h3-9,11H,10H2,1-2H3/p+1. The van der Waals surface area contributed by atoms with Crippen molar-refractivity contribution in [3.8, 4) is 5.69 Å². The predicted molar refractivity (Wildman–Crippen MR) is 80.6 cm³/mol. The predicted octanol–water partition coefficient (Wildman–Crippen LogP) is 2.62. The van der Waals surface area contributed by atoms with E-state index in [1.54, 1.807) is 4.57 Å². The fourth-order valence-corrected chi connectivity index (χ4v) is 2.74. The summed E-state index contributed by atoms with van der Waals surface area (Å²) in [6.45, 7) is 4.08. The van der Waals surface area contributed by atoms with Crippen molar-refractivity contribution >= 4 is 17.0 Å².